The van der Waals surface area contributed by atoms with Crippen LogP contribution in [0.15, 0.2) is 36.5 Å². The van der Waals surface area contributed by atoms with E-state index >= 15 is 0 Å². The molecule has 0 saturated heterocycles. The lowest BCUT2D eigenvalue weighted by Crippen LogP contribution is -2.24. The monoisotopic (exact) mass is 295 g/mol. The SMILES string of the molecule is Cc1ccn(C(C)C(=O)Nc2ccccc2OC(F)F)n1. The molecule has 5 nitrogen and oxygen atoms in total. The first-order chi connectivity index (χ1) is 9.97. The van der Waals surface area contributed by atoms with E-state index in [-0.39, 0.29) is 17.3 Å². The highest BCUT2D eigenvalue weighted by atomic mass is 19.3. The maximum Gasteiger partial charge on any atom is 0.387 e. The topological polar surface area (TPSA) is 56.2 Å². The summed E-state index contributed by atoms with van der Waals surface area (Å²) in [6, 6.07) is 7.24. The molecular weight excluding hydrogens is 280 g/mol. The lowest BCUT2D eigenvalue weighted by atomic mass is 10.2. The van der Waals surface area contributed by atoms with Crippen molar-refractivity contribution in [1.29, 1.82) is 0 Å². The van der Waals surface area contributed by atoms with E-state index in [0.29, 0.717) is 0 Å². The van der Waals surface area contributed by atoms with Crippen LogP contribution in [0.5, 0.6) is 5.75 Å². The van der Waals surface area contributed by atoms with Crippen molar-refractivity contribution >= 4 is 11.6 Å². The Morgan fingerprint density at radius 1 is 1.33 bits per heavy atom. The number of carbonyl (C=O) groups is 1. The highest BCUT2D eigenvalue weighted by molar-refractivity contribution is 5.94. The molecule has 2 rings (SSSR count). The second kappa shape index (κ2) is 6.34. The number of amides is 1. The number of aromatic nitrogens is 2. The number of aryl methyl sites for hydroxylation is 1. The molecule has 0 aliphatic rings. The quantitative estimate of drug-likeness (QED) is 0.922. The molecule has 1 heterocycles. The van der Waals surface area contributed by atoms with E-state index in [1.807, 2.05) is 6.92 Å². The van der Waals surface area contributed by atoms with Crippen molar-refractivity contribution < 1.29 is 18.3 Å². The van der Waals surface area contributed by atoms with Gasteiger partial charge in [0.2, 0.25) is 5.91 Å². The van der Waals surface area contributed by atoms with E-state index < -0.39 is 12.7 Å². The Morgan fingerprint density at radius 3 is 2.67 bits per heavy atom. The molecule has 1 unspecified atom stereocenters. The molecule has 1 amide bonds. The molecule has 0 saturated carbocycles. The van der Waals surface area contributed by atoms with Crippen LogP contribution in [0.4, 0.5) is 14.5 Å². The Balaban J connectivity index is 2.12. The van der Waals surface area contributed by atoms with Crippen molar-refractivity contribution in [2.75, 3.05) is 5.32 Å². The van der Waals surface area contributed by atoms with Gasteiger partial charge in [-0.2, -0.15) is 13.9 Å². The van der Waals surface area contributed by atoms with Gasteiger partial charge in [-0.1, -0.05) is 12.1 Å². The number of hydrogen-bond acceptors (Lipinski definition) is 3. The van der Waals surface area contributed by atoms with Gasteiger partial charge < -0.3 is 10.1 Å². The highest BCUT2D eigenvalue weighted by Gasteiger charge is 2.18. The van der Waals surface area contributed by atoms with Crippen molar-refractivity contribution in [2.45, 2.75) is 26.5 Å². The number of carbonyl (C=O) groups excluding carboxylic acids is 1. The van der Waals surface area contributed by atoms with Crippen LogP contribution < -0.4 is 10.1 Å². The fourth-order valence-electron chi connectivity index (χ4n) is 1.77. The lowest BCUT2D eigenvalue weighted by Gasteiger charge is -2.15. The zero-order valence-electron chi connectivity index (χ0n) is 11.6. The molecule has 0 spiro atoms. The first-order valence-electron chi connectivity index (χ1n) is 6.34. The number of nitrogens with one attached hydrogen (secondary N) is 1. The first kappa shape index (κ1) is 15.0. The maximum absolute atomic E-state index is 12.3. The molecule has 21 heavy (non-hydrogen) atoms. The molecule has 1 atom stereocenters. The van der Waals surface area contributed by atoms with Crippen molar-refractivity contribution in [1.82, 2.24) is 9.78 Å². The molecule has 7 heteroatoms. The van der Waals surface area contributed by atoms with Gasteiger partial charge in [0.05, 0.1) is 11.4 Å². The number of alkyl halides is 2. The standard InChI is InChI=1S/C14H15F2N3O2/c1-9-7-8-19(18-9)10(2)13(20)17-11-5-3-4-6-12(11)21-14(15)16/h3-8,10,14H,1-2H3,(H,17,20). The Bertz CT molecular complexity index is 628. The second-order valence-electron chi connectivity index (χ2n) is 4.48. The smallest absolute Gasteiger partial charge is 0.387 e. The zero-order chi connectivity index (χ0) is 15.4. The van der Waals surface area contributed by atoms with Crippen molar-refractivity contribution in [2.24, 2.45) is 0 Å². The van der Waals surface area contributed by atoms with Gasteiger partial charge in [-0.3, -0.25) is 9.48 Å². The summed E-state index contributed by atoms with van der Waals surface area (Å²) >= 11 is 0. The molecular formula is C14H15F2N3O2. The normalized spacial score (nSPS) is 12.2. The average Bonchev–Trinajstić information content (AvgIpc) is 2.86. The summed E-state index contributed by atoms with van der Waals surface area (Å²) < 4.78 is 30.5. The van der Waals surface area contributed by atoms with Gasteiger partial charge in [-0.25, -0.2) is 0 Å². The van der Waals surface area contributed by atoms with Crippen LogP contribution in [0.3, 0.4) is 0 Å². The third-order valence-electron chi connectivity index (χ3n) is 2.88. The predicted octanol–water partition coefficient (Wildman–Crippen LogP) is 2.99. The summed E-state index contributed by atoms with van der Waals surface area (Å²) in [4.78, 5) is 12.1. The van der Waals surface area contributed by atoms with Crippen LogP contribution in [-0.4, -0.2) is 22.3 Å². The lowest BCUT2D eigenvalue weighted by molar-refractivity contribution is -0.119. The van der Waals surface area contributed by atoms with Gasteiger partial charge in [-0.15, -0.1) is 0 Å². The maximum atomic E-state index is 12.3. The number of ether oxygens (including phenoxy) is 1. The van der Waals surface area contributed by atoms with E-state index in [2.05, 4.69) is 15.2 Å². The second-order valence-corrected chi connectivity index (χ2v) is 4.48. The minimum absolute atomic E-state index is 0.0790. The summed E-state index contributed by atoms with van der Waals surface area (Å²) in [5.74, 6) is -0.451. The molecule has 112 valence electrons. The average molecular weight is 295 g/mol. The Hall–Kier alpha value is -2.44. The van der Waals surface area contributed by atoms with Crippen LogP contribution in [0, 0.1) is 6.92 Å². The Morgan fingerprint density at radius 2 is 2.05 bits per heavy atom. The Kier molecular flexibility index (Phi) is 4.52. The molecule has 1 aromatic heterocycles. The minimum atomic E-state index is -2.95. The summed E-state index contributed by atoms with van der Waals surface area (Å²) in [5, 5.41) is 6.71. The molecule has 1 N–H and O–H groups in total. The van der Waals surface area contributed by atoms with Gasteiger partial charge in [0.15, 0.2) is 0 Å². The molecule has 0 bridgehead atoms. The van der Waals surface area contributed by atoms with Crippen LogP contribution >= 0.6 is 0 Å². The van der Waals surface area contributed by atoms with Gasteiger partial charge in [-0.05, 0) is 32.0 Å². The summed E-state index contributed by atoms with van der Waals surface area (Å²) in [7, 11) is 0. The molecule has 0 aliphatic carbocycles. The zero-order valence-corrected chi connectivity index (χ0v) is 11.6. The number of rotatable bonds is 5. The van der Waals surface area contributed by atoms with Crippen LogP contribution in [-0.2, 0) is 4.79 Å². The van der Waals surface area contributed by atoms with Crippen molar-refractivity contribution in [3.8, 4) is 5.75 Å². The van der Waals surface area contributed by atoms with Crippen LogP contribution in [0.1, 0.15) is 18.7 Å². The number of hydrogen-bond donors (Lipinski definition) is 1. The molecule has 0 aliphatic heterocycles. The Labute approximate surface area is 120 Å². The number of halogens is 2. The number of benzene rings is 1. The van der Waals surface area contributed by atoms with Gasteiger partial charge in [0.25, 0.3) is 0 Å². The number of anilines is 1. The number of para-hydroxylation sites is 2. The fourth-order valence-corrected chi connectivity index (χ4v) is 1.77. The molecule has 0 fully saturated rings. The summed E-state index contributed by atoms with van der Waals surface area (Å²) in [6.45, 7) is 0.528. The molecule has 0 radical (unpaired) electrons. The largest absolute Gasteiger partial charge is 0.433 e. The third-order valence-corrected chi connectivity index (χ3v) is 2.88. The third kappa shape index (κ3) is 3.77. The van der Waals surface area contributed by atoms with E-state index in [0.717, 1.165) is 5.69 Å². The number of nitrogens with zero attached hydrogens (tertiary/aromatic N) is 2. The van der Waals surface area contributed by atoms with Gasteiger partial charge >= 0.3 is 6.61 Å². The van der Waals surface area contributed by atoms with E-state index in [4.69, 9.17) is 0 Å². The van der Waals surface area contributed by atoms with Crippen molar-refractivity contribution in [3.05, 3.63) is 42.2 Å². The fraction of sp³-hybridized carbons (Fsp3) is 0.286. The van der Waals surface area contributed by atoms with Gasteiger partial charge in [0, 0.05) is 6.20 Å². The predicted molar refractivity (Wildman–Crippen MR) is 73.4 cm³/mol. The molecule has 2 aromatic rings. The first-order valence-corrected chi connectivity index (χ1v) is 6.34. The van der Waals surface area contributed by atoms with Crippen LogP contribution in [0.2, 0.25) is 0 Å². The highest BCUT2D eigenvalue weighted by Crippen LogP contribution is 2.26. The summed E-state index contributed by atoms with van der Waals surface area (Å²) in [5.41, 5.74) is 0.981. The minimum Gasteiger partial charge on any atom is -0.433 e. The van der Waals surface area contributed by atoms with E-state index in [9.17, 15) is 13.6 Å². The summed E-state index contributed by atoms with van der Waals surface area (Å²) in [6.07, 6.45) is 1.68. The van der Waals surface area contributed by atoms with Gasteiger partial charge in [0.1, 0.15) is 11.8 Å². The van der Waals surface area contributed by atoms with E-state index in [1.165, 1.54) is 16.8 Å². The molecule has 1 aromatic carbocycles. The van der Waals surface area contributed by atoms with Crippen molar-refractivity contribution in [3.63, 3.8) is 0 Å². The van der Waals surface area contributed by atoms with Crippen LogP contribution in [0.25, 0.3) is 0 Å². The van der Waals surface area contributed by atoms with E-state index in [1.54, 1.807) is 31.3 Å².